The van der Waals surface area contributed by atoms with Crippen LogP contribution in [0.3, 0.4) is 0 Å². The number of aromatic nitrogens is 2. The number of nitrogens with zero attached hydrogens (tertiary/aromatic N) is 2. The summed E-state index contributed by atoms with van der Waals surface area (Å²) >= 11 is 0.868. The summed E-state index contributed by atoms with van der Waals surface area (Å²) in [7, 11) is 2.39. The van der Waals surface area contributed by atoms with E-state index in [1.165, 1.54) is 14.2 Å². The second-order valence-corrected chi connectivity index (χ2v) is 7.19. The van der Waals surface area contributed by atoms with Crippen LogP contribution < -0.4 is 5.73 Å². The monoisotopic (exact) mass is 429 g/mol. The van der Waals surface area contributed by atoms with Crippen LogP contribution in [0.2, 0.25) is 0 Å². The van der Waals surface area contributed by atoms with Gasteiger partial charge in [0, 0.05) is 17.5 Å². The second kappa shape index (κ2) is 8.78. The summed E-state index contributed by atoms with van der Waals surface area (Å²) in [4.78, 5) is 36.7. The molecule has 3 aromatic rings. The van der Waals surface area contributed by atoms with E-state index in [9.17, 15) is 14.4 Å². The molecule has 156 valence electrons. The third-order valence-corrected chi connectivity index (χ3v) is 5.36. The van der Waals surface area contributed by atoms with E-state index in [4.69, 9.17) is 19.9 Å². The molecule has 10 heteroatoms. The number of methoxy groups -OCH3 is 2. The number of ether oxygens (including phenoxy) is 3. The first-order valence-corrected chi connectivity index (χ1v) is 9.55. The van der Waals surface area contributed by atoms with Crippen molar-refractivity contribution in [2.75, 3.05) is 20.0 Å². The highest BCUT2D eigenvalue weighted by molar-refractivity contribution is 7.18. The van der Waals surface area contributed by atoms with Crippen LogP contribution in [0, 0.1) is 6.92 Å². The molecule has 0 spiro atoms. The largest absolute Gasteiger partial charge is 0.465 e. The maximum atomic E-state index is 12.5. The number of anilines is 1. The van der Waals surface area contributed by atoms with Crippen molar-refractivity contribution in [3.8, 4) is 5.69 Å². The number of nitrogens with two attached hydrogens (primary N) is 1. The topological polar surface area (TPSA) is 123 Å². The molecule has 0 aliphatic carbocycles. The molecule has 2 heterocycles. The van der Waals surface area contributed by atoms with Gasteiger partial charge >= 0.3 is 17.9 Å². The molecule has 0 unspecified atom stereocenters. The van der Waals surface area contributed by atoms with Crippen LogP contribution in [0.5, 0.6) is 0 Å². The quantitative estimate of drug-likeness (QED) is 0.469. The zero-order valence-corrected chi connectivity index (χ0v) is 17.3. The standard InChI is InChI=1S/C20H19N3O6S/c1-11-8-9-22-23(11)13-6-4-12(5-7-13)18(24)29-10-14-15(19(25)27-2)17(21)30-16(14)20(26)28-3/h4-9H,10,21H2,1-3H3. The van der Waals surface area contributed by atoms with E-state index in [1.807, 2.05) is 13.0 Å². The maximum absolute atomic E-state index is 12.5. The minimum absolute atomic E-state index is 0.0137. The molecule has 0 atom stereocenters. The van der Waals surface area contributed by atoms with Crippen LogP contribution >= 0.6 is 11.3 Å². The summed E-state index contributed by atoms with van der Waals surface area (Å²) in [5.74, 6) is -2.05. The second-order valence-electron chi connectivity index (χ2n) is 6.14. The molecule has 0 fully saturated rings. The highest BCUT2D eigenvalue weighted by Crippen LogP contribution is 2.33. The van der Waals surface area contributed by atoms with Gasteiger partial charge in [0.25, 0.3) is 0 Å². The van der Waals surface area contributed by atoms with Crippen LogP contribution in [0.4, 0.5) is 5.00 Å². The highest BCUT2D eigenvalue weighted by Gasteiger charge is 2.28. The number of carbonyl (C=O) groups excluding carboxylic acids is 3. The summed E-state index contributed by atoms with van der Waals surface area (Å²) in [5, 5.41) is 4.29. The third kappa shape index (κ3) is 4.03. The summed E-state index contributed by atoms with van der Waals surface area (Å²) in [5.41, 5.74) is 8.04. The van der Waals surface area contributed by atoms with Gasteiger partial charge < -0.3 is 19.9 Å². The Kier molecular flexibility index (Phi) is 6.17. The molecule has 0 saturated carbocycles. The fraction of sp³-hybridized carbons (Fsp3) is 0.200. The van der Waals surface area contributed by atoms with Gasteiger partial charge in [0.15, 0.2) is 0 Å². The number of thiophene rings is 1. The van der Waals surface area contributed by atoms with Gasteiger partial charge in [-0.25, -0.2) is 19.1 Å². The predicted molar refractivity (Wildman–Crippen MR) is 109 cm³/mol. The third-order valence-electron chi connectivity index (χ3n) is 4.32. The number of hydrogen-bond donors (Lipinski definition) is 1. The molecular weight excluding hydrogens is 410 g/mol. The maximum Gasteiger partial charge on any atom is 0.348 e. The Bertz CT molecular complexity index is 1100. The average Bonchev–Trinajstić information content (AvgIpc) is 3.33. The van der Waals surface area contributed by atoms with Gasteiger partial charge in [0.05, 0.1) is 25.5 Å². The number of hydrogen-bond acceptors (Lipinski definition) is 9. The van der Waals surface area contributed by atoms with Crippen LogP contribution in [0.15, 0.2) is 36.5 Å². The van der Waals surface area contributed by atoms with Crippen molar-refractivity contribution in [3.05, 3.63) is 63.8 Å². The van der Waals surface area contributed by atoms with Gasteiger partial charge in [-0.3, -0.25) is 0 Å². The van der Waals surface area contributed by atoms with Crippen LogP contribution in [0.1, 0.15) is 41.6 Å². The van der Waals surface area contributed by atoms with Gasteiger partial charge in [0.1, 0.15) is 22.0 Å². The smallest absolute Gasteiger partial charge is 0.348 e. The Balaban J connectivity index is 1.81. The van der Waals surface area contributed by atoms with Crippen molar-refractivity contribution >= 4 is 34.2 Å². The molecule has 0 amide bonds. The molecule has 0 aliphatic rings. The molecule has 9 nitrogen and oxygen atoms in total. The van der Waals surface area contributed by atoms with E-state index in [1.54, 1.807) is 35.1 Å². The molecular formula is C20H19N3O6S. The molecule has 2 N–H and O–H groups in total. The number of esters is 3. The zero-order valence-electron chi connectivity index (χ0n) is 16.5. The Morgan fingerprint density at radius 1 is 1.03 bits per heavy atom. The van der Waals surface area contributed by atoms with Gasteiger partial charge in [-0.1, -0.05) is 0 Å². The number of carbonyl (C=O) groups is 3. The first-order chi connectivity index (χ1) is 14.4. The molecule has 1 aromatic carbocycles. The van der Waals surface area contributed by atoms with Crippen LogP contribution in [-0.2, 0) is 20.8 Å². The van der Waals surface area contributed by atoms with E-state index in [0.717, 1.165) is 22.7 Å². The normalized spacial score (nSPS) is 10.5. The van der Waals surface area contributed by atoms with Crippen LogP contribution in [-0.4, -0.2) is 41.9 Å². The summed E-state index contributed by atoms with van der Waals surface area (Å²) in [6.07, 6.45) is 1.68. The Hall–Kier alpha value is -3.66. The van der Waals surface area contributed by atoms with Crippen molar-refractivity contribution in [3.63, 3.8) is 0 Å². The predicted octanol–water partition coefficient (Wildman–Crippen LogP) is 2.75. The van der Waals surface area contributed by atoms with E-state index >= 15 is 0 Å². The van der Waals surface area contributed by atoms with Gasteiger partial charge in [-0.2, -0.15) is 5.10 Å². The van der Waals surface area contributed by atoms with Gasteiger partial charge in [0.2, 0.25) is 0 Å². The number of nitrogen functional groups attached to an aromatic ring is 1. The summed E-state index contributed by atoms with van der Waals surface area (Å²) < 4.78 is 16.5. The molecule has 0 radical (unpaired) electrons. The highest BCUT2D eigenvalue weighted by atomic mass is 32.1. The molecule has 2 aromatic heterocycles. The Morgan fingerprint density at radius 2 is 1.70 bits per heavy atom. The van der Waals surface area contributed by atoms with E-state index in [-0.39, 0.29) is 27.6 Å². The number of aryl methyl sites for hydroxylation is 1. The first kappa shape index (κ1) is 21.1. The fourth-order valence-electron chi connectivity index (χ4n) is 2.81. The van der Waals surface area contributed by atoms with E-state index in [0.29, 0.717) is 5.56 Å². The minimum Gasteiger partial charge on any atom is -0.465 e. The van der Waals surface area contributed by atoms with Crippen LogP contribution in [0.25, 0.3) is 5.69 Å². The lowest BCUT2D eigenvalue weighted by molar-refractivity contribution is 0.0452. The van der Waals surface area contributed by atoms with Crippen molar-refractivity contribution in [2.45, 2.75) is 13.5 Å². The summed E-state index contributed by atoms with van der Waals surface area (Å²) in [6, 6.07) is 8.54. The van der Waals surface area contributed by atoms with Crippen molar-refractivity contribution in [2.24, 2.45) is 0 Å². The van der Waals surface area contributed by atoms with Crippen molar-refractivity contribution in [1.29, 1.82) is 0 Å². The molecule has 30 heavy (non-hydrogen) atoms. The summed E-state index contributed by atoms with van der Waals surface area (Å²) in [6.45, 7) is 1.57. The molecule has 3 rings (SSSR count). The molecule has 0 saturated heterocycles. The minimum atomic E-state index is -0.733. The van der Waals surface area contributed by atoms with Gasteiger partial charge in [-0.05, 0) is 37.3 Å². The lowest BCUT2D eigenvalue weighted by atomic mass is 10.1. The molecule has 0 aliphatic heterocycles. The lowest BCUT2D eigenvalue weighted by Crippen LogP contribution is -2.13. The lowest BCUT2D eigenvalue weighted by Gasteiger charge is -2.09. The number of rotatable bonds is 6. The van der Waals surface area contributed by atoms with Gasteiger partial charge in [-0.15, -0.1) is 11.3 Å². The Labute approximate surface area is 176 Å². The Morgan fingerprint density at radius 3 is 2.27 bits per heavy atom. The fourth-order valence-corrected chi connectivity index (χ4v) is 3.78. The van der Waals surface area contributed by atoms with E-state index in [2.05, 4.69) is 5.10 Å². The average molecular weight is 429 g/mol. The molecule has 0 bridgehead atoms. The number of benzene rings is 1. The first-order valence-electron chi connectivity index (χ1n) is 8.73. The SMILES string of the molecule is COC(=O)c1sc(N)c(C(=O)OC)c1COC(=O)c1ccc(-n2nccc2C)cc1. The van der Waals surface area contributed by atoms with Crippen molar-refractivity contribution < 1.29 is 28.6 Å². The van der Waals surface area contributed by atoms with E-state index < -0.39 is 17.9 Å². The zero-order chi connectivity index (χ0) is 21.8. The van der Waals surface area contributed by atoms with Crippen molar-refractivity contribution in [1.82, 2.24) is 9.78 Å².